The molecule has 1 heterocycles. The monoisotopic (exact) mass is 263 g/mol. The molecule has 2 atom stereocenters. The molecule has 1 aromatic heterocycles. The molecule has 102 valence electrons. The van der Waals surface area contributed by atoms with Gasteiger partial charge in [0.15, 0.2) is 0 Å². The van der Waals surface area contributed by atoms with Crippen LogP contribution < -0.4 is 10.9 Å². The van der Waals surface area contributed by atoms with E-state index in [9.17, 15) is 15.0 Å². The molecule has 1 aromatic carbocycles. The largest absolute Gasteiger partial charge is 0.390 e. The van der Waals surface area contributed by atoms with Crippen LogP contribution in [0.1, 0.15) is 18.1 Å². The Morgan fingerprint density at radius 1 is 1.42 bits per heavy atom. The number of hydrogen-bond donors (Lipinski definition) is 4. The van der Waals surface area contributed by atoms with Crippen molar-refractivity contribution in [3.05, 3.63) is 40.3 Å². The second kappa shape index (κ2) is 5.92. The maximum absolute atomic E-state index is 11.5. The molecule has 2 rings (SSSR count). The first-order valence-corrected chi connectivity index (χ1v) is 6.11. The van der Waals surface area contributed by atoms with Gasteiger partial charge < -0.3 is 15.5 Å². The molecule has 6 nitrogen and oxygen atoms in total. The Balaban J connectivity index is 2.28. The predicted molar refractivity (Wildman–Crippen MR) is 71.9 cm³/mol. The summed E-state index contributed by atoms with van der Waals surface area (Å²) in [5.41, 5.74) is 0.303. The van der Waals surface area contributed by atoms with Gasteiger partial charge in [-0.25, -0.2) is 5.10 Å². The van der Waals surface area contributed by atoms with Crippen molar-refractivity contribution in [2.24, 2.45) is 0 Å². The van der Waals surface area contributed by atoms with Crippen molar-refractivity contribution < 1.29 is 10.2 Å². The zero-order valence-electron chi connectivity index (χ0n) is 10.6. The van der Waals surface area contributed by atoms with Crippen molar-refractivity contribution in [2.45, 2.75) is 18.6 Å². The van der Waals surface area contributed by atoms with Crippen LogP contribution in [-0.4, -0.2) is 40.1 Å². The number of rotatable bonds is 5. The van der Waals surface area contributed by atoms with Gasteiger partial charge in [-0.3, -0.25) is 4.79 Å². The van der Waals surface area contributed by atoms with Crippen LogP contribution in [0.25, 0.3) is 10.8 Å². The molecule has 19 heavy (non-hydrogen) atoms. The molecular weight excluding hydrogens is 246 g/mol. The second-order valence-electron chi connectivity index (χ2n) is 4.45. The SMILES string of the molecule is CNCCC(O)C(O)c1ccc2c(=O)[nH]ncc2c1. The average molecular weight is 263 g/mol. The van der Waals surface area contributed by atoms with Crippen molar-refractivity contribution >= 4 is 10.8 Å². The zero-order valence-corrected chi connectivity index (χ0v) is 10.6. The Morgan fingerprint density at radius 3 is 2.95 bits per heavy atom. The van der Waals surface area contributed by atoms with Crippen LogP contribution in [0.2, 0.25) is 0 Å². The van der Waals surface area contributed by atoms with Gasteiger partial charge in [-0.1, -0.05) is 6.07 Å². The van der Waals surface area contributed by atoms with Crippen molar-refractivity contribution in [3.63, 3.8) is 0 Å². The van der Waals surface area contributed by atoms with Gasteiger partial charge >= 0.3 is 0 Å². The zero-order chi connectivity index (χ0) is 13.8. The van der Waals surface area contributed by atoms with Gasteiger partial charge in [0.2, 0.25) is 0 Å². The molecule has 0 bridgehead atoms. The smallest absolute Gasteiger partial charge is 0.272 e. The number of hydrogen-bond acceptors (Lipinski definition) is 5. The molecule has 6 heteroatoms. The van der Waals surface area contributed by atoms with Gasteiger partial charge in [0.25, 0.3) is 5.56 Å². The molecule has 0 saturated heterocycles. The summed E-state index contributed by atoms with van der Waals surface area (Å²) in [6.07, 6.45) is 0.146. The van der Waals surface area contributed by atoms with Crippen LogP contribution in [0.15, 0.2) is 29.2 Å². The van der Waals surface area contributed by atoms with E-state index < -0.39 is 12.2 Å². The summed E-state index contributed by atoms with van der Waals surface area (Å²) in [6.45, 7) is 0.618. The van der Waals surface area contributed by atoms with E-state index in [1.807, 2.05) is 0 Å². The normalized spacial score (nSPS) is 14.5. The number of aliphatic hydroxyl groups is 2. The standard InChI is InChI=1S/C13H17N3O3/c1-14-5-4-11(17)12(18)8-2-3-10-9(6-8)7-15-16-13(10)19/h2-3,6-7,11-12,14,17-18H,4-5H2,1H3,(H,16,19). The fraction of sp³-hybridized carbons (Fsp3) is 0.385. The fourth-order valence-electron chi connectivity index (χ4n) is 1.97. The molecule has 0 spiro atoms. The summed E-state index contributed by atoms with van der Waals surface area (Å²) < 4.78 is 0. The molecule has 0 fully saturated rings. The van der Waals surface area contributed by atoms with E-state index in [1.54, 1.807) is 25.2 Å². The summed E-state index contributed by atoms with van der Waals surface area (Å²) in [6, 6.07) is 4.94. The van der Waals surface area contributed by atoms with E-state index in [0.717, 1.165) is 0 Å². The third-order valence-corrected chi connectivity index (χ3v) is 3.09. The maximum atomic E-state index is 11.5. The highest BCUT2D eigenvalue weighted by atomic mass is 16.3. The number of nitrogens with zero attached hydrogens (tertiary/aromatic N) is 1. The van der Waals surface area contributed by atoms with Gasteiger partial charge in [0, 0.05) is 5.39 Å². The minimum Gasteiger partial charge on any atom is -0.390 e. The Labute approximate surface area is 110 Å². The number of aromatic amines is 1. The highest BCUT2D eigenvalue weighted by Gasteiger charge is 2.18. The van der Waals surface area contributed by atoms with E-state index in [2.05, 4.69) is 15.5 Å². The quantitative estimate of drug-likeness (QED) is 0.605. The third-order valence-electron chi connectivity index (χ3n) is 3.09. The Morgan fingerprint density at radius 2 is 2.21 bits per heavy atom. The summed E-state index contributed by atoms with van der Waals surface area (Å²) in [5.74, 6) is 0. The molecule has 0 radical (unpaired) electrons. The van der Waals surface area contributed by atoms with Gasteiger partial charge in [-0.2, -0.15) is 5.10 Å². The van der Waals surface area contributed by atoms with Gasteiger partial charge in [-0.05, 0) is 37.7 Å². The summed E-state index contributed by atoms with van der Waals surface area (Å²) >= 11 is 0. The number of nitrogens with one attached hydrogen (secondary N) is 2. The van der Waals surface area contributed by atoms with E-state index in [1.165, 1.54) is 6.20 Å². The van der Waals surface area contributed by atoms with Crippen LogP contribution in [0.3, 0.4) is 0 Å². The first-order chi connectivity index (χ1) is 9.13. The van der Waals surface area contributed by atoms with Gasteiger partial charge in [-0.15, -0.1) is 0 Å². The van der Waals surface area contributed by atoms with Gasteiger partial charge in [0.05, 0.1) is 17.7 Å². The summed E-state index contributed by atoms with van der Waals surface area (Å²) in [4.78, 5) is 11.5. The molecule has 0 aliphatic heterocycles. The van der Waals surface area contributed by atoms with Crippen LogP contribution >= 0.6 is 0 Å². The summed E-state index contributed by atoms with van der Waals surface area (Å²) in [7, 11) is 1.78. The van der Waals surface area contributed by atoms with Crippen molar-refractivity contribution in [3.8, 4) is 0 Å². The van der Waals surface area contributed by atoms with Crippen molar-refractivity contribution in [1.29, 1.82) is 0 Å². The highest BCUT2D eigenvalue weighted by Crippen LogP contribution is 2.21. The lowest BCUT2D eigenvalue weighted by molar-refractivity contribution is 0.0141. The lowest BCUT2D eigenvalue weighted by atomic mass is 10.00. The van der Waals surface area contributed by atoms with Crippen molar-refractivity contribution in [1.82, 2.24) is 15.5 Å². The van der Waals surface area contributed by atoms with E-state index in [-0.39, 0.29) is 5.56 Å². The van der Waals surface area contributed by atoms with E-state index in [0.29, 0.717) is 29.3 Å². The Bertz CT molecular complexity index is 611. The molecule has 2 aromatic rings. The number of benzene rings is 1. The van der Waals surface area contributed by atoms with Crippen LogP contribution in [-0.2, 0) is 0 Å². The molecule has 0 amide bonds. The van der Waals surface area contributed by atoms with E-state index in [4.69, 9.17) is 0 Å². The Kier molecular flexibility index (Phi) is 4.26. The lowest BCUT2D eigenvalue weighted by Crippen LogP contribution is -2.23. The van der Waals surface area contributed by atoms with Crippen LogP contribution in [0.5, 0.6) is 0 Å². The molecule has 0 aliphatic carbocycles. The lowest BCUT2D eigenvalue weighted by Gasteiger charge is -2.18. The Hall–Kier alpha value is -1.76. The molecule has 0 saturated carbocycles. The van der Waals surface area contributed by atoms with Crippen LogP contribution in [0, 0.1) is 0 Å². The first kappa shape index (κ1) is 13.7. The molecule has 4 N–H and O–H groups in total. The second-order valence-corrected chi connectivity index (χ2v) is 4.45. The number of fused-ring (bicyclic) bond motifs is 1. The predicted octanol–water partition coefficient (Wildman–Crippen LogP) is -0.0731. The van der Waals surface area contributed by atoms with Gasteiger partial charge in [0.1, 0.15) is 6.10 Å². The fourth-order valence-corrected chi connectivity index (χ4v) is 1.97. The van der Waals surface area contributed by atoms with Crippen molar-refractivity contribution in [2.75, 3.05) is 13.6 Å². The summed E-state index contributed by atoms with van der Waals surface area (Å²) in [5, 5.41) is 30.0. The number of aromatic nitrogens is 2. The highest BCUT2D eigenvalue weighted by molar-refractivity contribution is 5.81. The average Bonchev–Trinajstić information content (AvgIpc) is 2.43. The molecule has 2 unspecified atom stereocenters. The topological polar surface area (TPSA) is 98.2 Å². The molecule has 0 aliphatic rings. The number of H-pyrrole nitrogens is 1. The third kappa shape index (κ3) is 2.98. The van der Waals surface area contributed by atoms with E-state index >= 15 is 0 Å². The minimum atomic E-state index is -0.975. The van der Waals surface area contributed by atoms with Crippen LogP contribution in [0.4, 0.5) is 0 Å². The molecular formula is C13H17N3O3. The maximum Gasteiger partial charge on any atom is 0.272 e. The number of aliphatic hydroxyl groups excluding tert-OH is 2. The first-order valence-electron chi connectivity index (χ1n) is 6.11. The minimum absolute atomic E-state index is 0.269.